The maximum absolute atomic E-state index is 11.1. The van der Waals surface area contributed by atoms with Crippen molar-refractivity contribution in [3.63, 3.8) is 0 Å². The highest BCUT2D eigenvalue weighted by Crippen LogP contribution is 2.68. The number of nitrogens with zero attached hydrogens (tertiary/aromatic N) is 1. The van der Waals surface area contributed by atoms with Crippen LogP contribution in [0.15, 0.2) is 0 Å². The summed E-state index contributed by atoms with van der Waals surface area (Å²) in [4.78, 5) is 2.66. The second-order valence-corrected chi connectivity index (χ2v) is 12.3. The van der Waals surface area contributed by atoms with E-state index in [0.29, 0.717) is 22.8 Å². The zero-order valence-corrected chi connectivity index (χ0v) is 19.2. The molecule has 10 atom stereocenters. The minimum absolute atomic E-state index is 0.109. The number of fused-ring (bicyclic) bond motifs is 5. The number of rotatable bonds is 2. The lowest BCUT2D eigenvalue weighted by molar-refractivity contribution is -0.153. The number of piperidine rings is 1. The Morgan fingerprint density at radius 2 is 1.62 bits per heavy atom. The number of hydrogen-bond donors (Lipinski definition) is 2. The zero-order valence-electron chi connectivity index (χ0n) is 19.2. The molecule has 0 aromatic carbocycles. The molecule has 1 heterocycles. The predicted molar refractivity (Wildman–Crippen MR) is 117 cm³/mol. The van der Waals surface area contributed by atoms with Gasteiger partial charge in [-0.15, -0.1) is 0 Å². The summed E-state index contributed by atoms with van der Waals surface area (Å²) in [6.07, 6.45) is 14.0. The molecule has 29 heavy (non-hydrogen) atoms. The minimum atomic E-state index is -0.151. The van der Waals surface area contributed by atoms with E-state index in [1.165, 1.54) is 77.3 Å². The van der Waals surface area contributed by atoms with Crippen molar-refractivity contribution >= 4 is 0 Å². The maximum atomic E-state index is 11.1. The summed E-state index contributed by atoms with van der Waals surface area (Å²) in [6.45, 7) is 9.59. The molecule has 5 aliphatic rings. The summed E-state index contributed by atoms with van der Waals surface area (Å²) in [7, 11) is 0. The molecule has 0 radical (unpaired) electrons. The van der Waals surface area contributed by atoms with Gasteiger partial charge in [-0.2, -0.15) is 0 Å². The van der Waals surface area contributed by atoms with Gasteiger partial charge in [0, 0.05) is 6.04 Å². The predicted octanol–water partition coefficient (Wildman–Crippen LogP) is 4.85. The van der Waals surface area contributed by atoms with Crippen molar-refractivity contribution < 1.29 is 10.2 Å². The molecule has 5 rings (SSSR count). The first kappa shape index (κ1) is 20.8. The number of hydrogen-bond acceptors (Lipinski definition) is 3. The van der Waals surface area contributed by atoms with Crippen LogP contribution >= 0.6 is 0 Å². The molecule has 1 saturated heterocycles. The van der Waals surface area contributed by atoms with E-state index < -0.39 is 0 Å². The average Bonchev–Trinajstić information content (AvgIpc) is 3.06. The second-order valence-electron chi connectivity index (χ2n) is 12.3. The van der Waals surface area contributed by atoms with Gasteiger partial charge in [0.2, 0.25) is 0 Å². The third kappa shape index (κ3) is 3.16. The lowest BCUT2D eigenvalue weighted by Gasteiger charge is -2.62. The maximum Gasteiger partial charge on any atom is 0.0698 e. The molecular formula is C26H45NO2. The van der Waals surface area contributed by atoms with Gasteiger partial charge in [0.1, 0.15) is 0 Å². The van der Waals surface area contributed by atoms with Crippen LogP contribution in [-0.2, 0) is 0 Å². The van der Waals surface area contributed by atoms with E-state index in [2.05, 4.69) is 18.7 Å². The molecule has 2 N–H and O–H groups in total. The molecular weight excluding hydrogens is 358 g/mol. The van der Waals surface area contributed by atoms with Gasteiger partial charge in [-0.25, -0.2) is 0 Å². The third-order valence-corrected chi connectivity index (χ3v) is 11.2. The van der Waals surface area contributed by atoms with Gasteiger partial charge in [0.15, 0.2) is 0 Å². The van der Waals surface area contributed by atoms with Crippen molar-refractivity contribution in [1.82, 2.24) is 4.90 Å². The van der Waals surface area contributed by atoms with Crippen LogP contribution in [0.3, 0.4) is 0 Å². The fraction of sp³-hybridized carbons (Fsp3) is 1.00. The third-order valence-electron chi connectivity index (χ3n) is 11.2. The van der Waals surface area contributed by atoms with Gasteiger partial charge in [0.05, 0.1) is 12.2 Å². The molecule has 3 nitrogen and oxygen atoms in total. The Kier molecular flexibility index (Phi) is 5.36. The molecule has 0 aromatic heterocycles. The first-order chi connectivity index (χ1) is 13.8. The molecule has 1 aliphatic heterocycles. The van der Waals surface area contributed by atoms with E-state index >= 15 is 0 Å². The Labute approximate surface area is 178 Å². The summed E-state index contributed by atoms with van der Waals surface area (Å²) in [5, 5.41) is 21.6. The van der Waals surface area contributed by atoms with E-state index in [9.17, 15) is 10.2 Å². The van der Waals surface area contributed by atoms with Crippen LogP contribution in [-0.4, -0.2) is 46.5 Å². The first-order valence-corrected chi connectivity index (χ1v) is 12.9. The number of likely N-dealkylation sites (tertiary alicyclic amines) is 1. The van der Waals surface area contributed by atoms with Crippen LogP contribution in [0.5, 0.6) is 0 Å². The summed E-state index contributed by atoms with van der Waals surface area (Å²) in [5.41, 5.74) is 0.771. The molecule has 0 aromatic rings. The molecule has 0 amide bonds. The topological polar surface area (TPSA) is 43.7 Å². The quantitative estimate of drug-likeness (QED) is 0.692. The van der Waals surface area contributed by atoms with E-state index in [0.717, 1.165) is 30.1 Å². The van der Waals surface area contributed by atoms with Gasteiger partial charge in [-0.05, 0) is 125 Å². The van der Waals surface area contributed by atoms with Gasteiger partial charge in [-0.3, -0.25) is 4.90 Å². The van der Waals surface area contributed by atoms with Crippen molar-refractivity contribution in [3.8, 4) is 0 Å². The van der Waals surface area contributed by atoms with Crippen molar-refractivity contribution in [3.05, 3.63) is 0 Å². The lowest BCUT2D eigenvalue weighted by atomic mass is 9.44. The summed E-state index contributed by atoms with van der Waals surface area (Å²) in [5.74, 6) is 3.74. The zero-order chi connectivity index (χ0) is 20.4. The normalized spacial score (nSPS) is 54.3. The van der Waals surface area contributed by atoms with Gasteiger partial charge < -0.3 is 10.2 Å². The largest absolute Gasteiger partial charge is 0.393 e. The number of aliphatic hydroxyl groups is 2. The van der Waals surface area contributed by atoms with E-state index in [1.54, 1.807) is 0 Å². The molecule has 3 heteroatoms. The number of aliphatic hydroxyl groups excluding tert-OH is 2. The van der Waals surface area contributed by atoms with Crippen molar-refractivity contribution in [1.29, 1.82) is 0 Å². The van der Waals surface area contributed by atoms with E-state index in [-0.39, 0.29) is 12.2 Å². The summed E-state index contributed by atoms with van der Waals surface area (Å²) < 4.78 is 0. The Morgan fingerprint density at radius 1 is 0.897 bits per heavy atom. The second kappa shape index (κ2) is 7.48. The minimum Gasteiger partial charge on any atom is -0.393 e. The summed E-state index contributed by atoms with van der Waals surface area (Å²) in [6, 6.07) is 0.400. The van der Waals surface area contributed by atoms with Crippen LogP contribution in [0, 0.1) is 40.4 Å². The molecule has 4 saturated carbocycles. The molecule has 0 bridgehead atoms. The molecule has 4 aliphatic carbocycles. The smallest absolute Gasteiger partial charge is 0.0698 e. The SMILES string of the molecule is CC(O)[C@H]1CCC2C3CCC4C[C@H](O)[C@@H](N5CCCCC5)C[C@]4(C)C3CC[C@@]21C. The fourth-order valence-corrected chi connectivity index (χ4v) is 9.73. The first-order valence-electron chi connectivity index (χ1n) is 12.9. The Morgan fingerprint density at radius 3 is 2.34 bits per heavy atom. The van der Waals surface area contributed by atoms with Crippen LogP contribution in [0.1, 0.15) is 91.4 Å². The van der Waals surface area contributed by atoms with Crippen LogP contribution in [0.2, 0.25) is 0 Å². The van der Waals surface area contributed by atoms with Crippen LogP contribution in [0.4, 0.5) is 0 Å². The fourth-order valence-electron chi connectivity index (χ4n) is 9.73. The molecule has 5 unspecified atom stereocenters. The highest BCUT2D eigenvalue weighted by atomic mass is 16.3. The molecule has 0 spiro atoms. The van der Waals surface area contributed by atoms with Gasteiger partial charge in [-0.1, -0.05) is 20.3 Å². The highest BCUT2D eigenvalue weighted by Gasteiger charge is 2.61. The van der Waals surface area contributed by atoms with Gasteiger partial charge in [0.25, 0.3) is 0 Å². The van der Waals surface area contributed by atoms with E-state index in [4.69, 9.17) is 0 Å². The Balaban J connectivity index is 1.39. The van der Waals surface area contributed by atoms with Crippen LogP contribution < -0.4 is 0 Å². The monoisotopic (exact) mass is 403 g/mol. The van der Waals surface area contributed by atoms with Crippen molar-refractivity contribution in [2.24, 2.45) is 40.4 Å². The average molecular weight is 404 g/mol. The Bertz CT molecular complexity index is 602. The lowest BCUT2D eigenvalue weighted by Crippen LogP contribution is -2.60. The van der Waals surface area contributed by atoms with Crippen molar-refractivity contribution in [2.75, 3.05) is 13.1 Å². The highest BCUT2D eigenvalue weighted by molar-refractivity contribution is 5.11. The summed E-state index contributed by atoms with van der Waals surface area (Å²) >= 11 is 0. The van der Waals surface area contributed by atoms with Gasteiger partial charge >= 0.3 is 0 Å². The standard InChI is InChI=1S/C26H45NO2/c1-17(28)20-9-10-21-19-8-7-18-15-24(29)23(27-13-5-4-6-14-27)16-26(18,3)22(19)11-12-25(20,21)2/h17-24,28-29H,4-16H2,1-3H3/t17?,18?,19?,20-,21?,22?,23+,24+,25-,26+/m1/s1. The molecule has 166 valence electrons. The van der Waals surface area contributed by atoms with E-state index in [1.807, 2.05) is 6.92 Å². The Hall–Kier alpha value is -0.120. The van der Waals surface area contributed by atoms with Crippen molar-refractivity contribution in [2.45, 2.75) is 110 Å². The molecule has 5 fully saturated rings. The van der Waals surface area contributed by atoms with Crippen LogP contribution in [0.25, 0.3) is 0 Å².